The maximum atomic E-state index is 6.10. The molecule has 1 aromatic carbocycles. The van der Waals surface area contributed by atoms with Crippen LogP contribution >= 0.6 is 0 Å². The highest BCUT2D eigenvalue weighted by molar-refractivity contribution is 5.88. The van der Waals surface area contributed by atoms with Gasteiger partial charge >= 0.3 is 0 Å². The largest absolute Gasteiger partial charge is 0.497 e. The minimum Gasteiger partial charge on any atom is -0.497 e. The molecule has 0 saturated heterocycles. The third kappa shape index (κ3) is 1.61. The van der Waals surface area contributed by atoms with Crippen LogP contribution in [0, 0.1) is 6.92 Å². The minimum atomic E-state index is 0.190. The molecule has 0 aliphatic heterocycles. The average Bonchev–Trinajstić information content (AvgIpc) is 2.63. The Labute approximate surface area is 114 Å². The number of rotatable bonds is 3. The maximum Gasteiger partial charge on any atom is 0.119 e. The fourth-order valence-electron chi connectivity index (χ4n) is 3.51. The zero-order valence-corrected chi connectivity index (χ0v) is 12.0. The molecule has 0 spiro atoms. The first-order valence-corrected chi connectivity index (χ1v) is 6.96. The molecular formula is C16H22N2O. The molecule has 0 radical (unpaired) electrons. The fraction of sp³-hybridized carbons (Fsp3) is 0.500. The van der Waals surface area contributed by atoms with Gasteiger partial charge in [0.25, 0.3) is 0 Å². The van der Waals surface area contributed by atoms with E-state index in [4.69, 9.17) is 10.5 Å². The summed E-state index contributed by atoms with van der Waals surface area (Å²) in [5.41, 5.74) is 10.3. The van der Waals surface area contributed by atoms with E-state index >= 15 is 0 Å². The second kappa shape index (κ2) is 4.27. The van der Waals surface area contributed by atoms with Crippen molar-refractivity contribution in [3.8, 4) is 5.75 Å². The van der Waals surface area contributed by atoms with Crippen molar-refractivity contribution in [1.82, 2.24) is 4.57 Å². The van der Waals surface area contributed by atoms with Crippen molar-refractivity contribution < 1.29 is 4.74 Å². The van der Waals surface area contributed by atoms with Gasteiger partial charge in [-0.05, 0) is 43.5 Å². The molecule has 19 heavy (non-hydrogen) atoms. The first kappa shape index (κ1) is 12.5. The van der Waals surface area contributed by atoms with Crippen molar-refractivity contribution >= 4 is 10.9 Å². The molecule has 0 amide bonds. The van der Waals surface area contributed by atoms with E-state index in [2.05, 4.69) is 30.7 Å². The predicted octanol–water partition coefficient (Wildman–Crippen LogP) is 2.88. The van der Waals surface area contributed by atoms with Crippen LogP contribution in [-0.2, 0) is 12.5 Å². The molecule has 0 atom stereocenters. The van der Waals surface area contributed by atoms with Gasteiger partial charge in [-0.15, -0.1) is 0 Å². The standard InChI is InChI=1S/C16H22N2O/c1-11-15(16(10-17)7-4-8-16)13-9-12(19-3)5-6-14(13)18(11)2/h5-6,9H,4,7-8,10,17H2,1-3H3. The zero-order valence-electron chi connectivity index (χ0n) is 12.0. The van der Waals surface area contributed by atoms with Gasteiger partial charge in [-0.25, -0.2) is 0 Å². The van der Waals surface area contributed by atoms with Crippen molar-refractivity contribution in [3.63, 3.8) is 0 Å². The van der Waals surface area contributed by atoms with Gasteiger partial charge in [0.2, 0.25) is 0 Å². The van der Waals surface area contributed by atoms with Crippen molar-refractivity contribution in [1.29, 1.82) is 0 Å². The first-order chi connectivity index (χ1) is 9.13. The highest BCUT2D eigenvalue weighted by Crippen LogP contribution is 2.48. The Bertz CT molecular complexity index is 618. The van der Waals surface area contributed by atoms with Crippen LogP contribution in [0.1, 0.15) is 30.5 Å². The van der Waals surface area contributed by atoms with E-state index in [1.54, 1.807) is 7.11 Å². The molecular weight excluding hydrogens is 236 g/mol. The van der Waals surface area contributed by atoms with Crippen LogP contribution in [0.2, 0.25) is 0 Å². The Morgan fingerprint density at radius 3 is 2.63 bits per heavy atom. The lowest BCUT2D eigenvalue weighted by Crippen LogP contribution is -2.42. The Hall–Kier alpha value is -1.48. The quantitative estimate of drug-likeness (QED) is 0.919. The average molecular weight is 258 g/mol. The Balaban J connectivity index is 2.30. The summed E-state index contributed by atoms with van der Waals surface area (Å²) in [4.78, 5) is 0. The van der Waals surface area contributed by atoms with Gasteiger partial charge in [0, 0.05) is 35.6 Å². The summed E-state index contributed by atoms with van der Waals surface area (Å²) >= 11 is 0. The smallest absolute Gasteiger partial charge is 0.119 e. The van der Waals surface area contributed by atoms with E-state index in [1.165, 1.54) is 41.4 Å². The maximum absolute atomic E-state index is 6.10. The van der Waals surface area contributed by atoms with Crippen LogP contribution in [-0.4, -0.2) is 18.2 Å². The van der Waals surface area contributed by atoms with Gasteiger partial charge < -0.3 is 15.0 Å². The number of nitrogens with zero attached hydrogens (tertiary/aromatic N) is 1. The normalized spacial score (nSPS) is 17.5. The summed E-state index contributed by atoms with van der Waals surface area (Å²) in [6, 6.07) is 6.34. The van der Waals surface area contributed by atoms with Crippen LogP contribution in [0.15, 0.2) is 18.2 Å². The summed E-state index contributed by atoms with van der Waals surface area (Å²) in [7, 11) is 3.86. The molecule has 2 N–H and O–H groups in total. The SMILES string of the molecule is COc1ccc2c(c1)c(C1(CN)CCC1)c(C)n2C. The number of fused-ring (bicyclic) bond motifs is 1. The molecule has 0 unspecified atom stereocenters. The van der Waals surface area contributed by atoms with E-state index in [9.17, 15) is 0 Å². The van der Waals surface area contributed by atoms with Gasteiger partial charge in [-0.2, -0.15) is 0 Å². The number of aryl methyl sites for hydroxylation is 1. The molecule has 2 aromatic rings. The lowest BCUT2D eigenvalue weighted by atomic mass is 9.63. The molecule has 1 heterocycles. The number of aromatic nitrogens is 1. The lowest BCUT2D eigenvalue weighted by Gasteiger charge is -2.41. The number of nitrogens with two attached hydrogens (primary N) is 1. The molecule has 1 aromatic heterocycles. The minimum absolute atomic E-state index is 0.190. The van der Waals surface area contributed by atoms with Crippen LogP contribution in [0.3, 0.4) is 0 Å². The number of methoxy groups -OCH3 is 1. The number of ether oxygens (including phenoxy) is 1. The van der Waals surface area contributed by atoms with Crippen LogP contribution in [0.25, 0.3) is 10.9 Å². The van der Waals surface area contributed by atoms with Crippen molar-refractivity contribution in [2.24, 2.45) is 12.8 Å². The summed E-state index contributed by atoms with van der Waals surface area (Å²) in [5.74, 6) is 0.922. The number of benzene rings is 1. The van der Waals surface area contributed by atoms with E-state index < -0.39 is 0 Å². The van der Waals surface area contributed by atoms with Crippen molar-refractivity contribution in [2.75, 3.05) is 13.7 Å². The van der Waals surface area contributed by atoms with Gasteiger partial charge in [-0.1, -0.05) is 6.42 Å². The van der Waals surface area contributed by atoms with Gasteiger partial charge in [-0.3, -0.25) is 0 Å². The second-order valence-electron chi connectivity index (χ2n) is 5.74. The molecule has 1 fully saturated rings. The van der Waals surface area contributed by atoms with Crippen molar-refractivity contribution in [3.05, 3.63) is 29.5 Å². The third-order valence-corrected chi connectivity index (χ3v) is 4.93. The molecule has 3 nitrogen and oxygen atoms in total. The van der Waals surface area contributed by atoms with E-state index in [0.29, 0.717) is 0 Å². The van der Waals surface area contributed by atoms with Crippen LogP contribution in [0.4, 0.5) is 0 Å². The number of hydrogen-bond acceptors (Lipinski definition) is 2. The molecule has 102 valence electrons. The molecule has 0 bridgehead atoms. The predicted molar refractivity (Wildman–Crippen MR) is 78.8 cm³/mol. The highest BCUT2D eigenvalue weighted by Gasteiger charge is 2.40. The van der Waals surface area contributed by atoms with Gasteiger partial charge in [0.05, 0.1) is 7.11 Å². The van der Waals surface area contributed by atoms with E-state index in [1.807, 2.05) is 6.07 Å². The monoisotopic (exact) mass is 258 g/mol. The Morgan fingerprint density at radius 2 is 2.11 bits per heavy atom. The number of hydrogen-bond donors (Lipinski definition) is 1. The van der Waals surface area contributed by atoms with Crippen LogP contribution < -0.4 is 10.5 Å². The topological polar surface area (TPSA) is 40.2 Å². The molecule has 1 aliphatic rings. The summed E-state index contributed by atoms with van der Waals surface area (Å²) in [6.07, 6.45) is 3.71. The Morgan fingerprint density at radius 1 is 1.37 bits per heavy atom. The van der Waals surface area contributed by atoms with Crippen LogP contribution in [0.5, 0.6) is 5.75 Å². The van der Waals surface area contributed by atoms with Gasteiger partial charge in [0.15, 0.2) is 0 Å². The first-order valence-electron chi connectivity index (χ1n) is 6.96. The summed E-state index contributed by atoms with van der Waals surface area (Å²) < 4.78 is 7.66. The second-order valence-corrected chi connectivity index (χ2v) is 5.74. The highest BCUT2D eigenvalue weighted by atomic mass is 16.5. The third-order valence-electron chi connectivity index (χ3n) is 4.93. The fourth-order valence-corrected chi connectivity index (χ4v) is 3.51. The van der Waals surface area contributed by atoms with E-state index in [0.717, 1.165) is 12.3 Å². The van der Waals surface area contributed by atoms with Gasteiger partial charge in [0.1, 0.15) is 5.75 Å². The molecule has 3 heteroatoms. The zero-order chi connectivity index (χ0) is 13.6. The molecule has 1 saturated carbocycles. The van der Waals surface area contributed by atoms with Crippen molar-refractivity contribution in [2.45, 2.75) is 31.6 Å². The molecule has 3 rings (SSSR count). The molecule has 1 aliphatic carbocycles. The summed E-state index contributed by atoms with van der Waals surface area (Å²) in [6.45, 7) is 2.95. The Kier molecular flexibility index (Phi) is 2.82. The van der Waals surface area contributed by atoms with E-state index in [-0.39, 0.29) is 5.41 Å². The lowest BCUT2D eigenvalue weighted by molar-refractivity contribution is 0.253. The summed E-state index contributed by atoms with van der Waals surface area (Å²) in [5, 5.41) is 1.31.